The fourth-order valence-electron chi connectivity index (χ4n) is 2.57. The molecule has 0 unspecified atom stereocenters. The van der Waals surface area contributed by atoms with Gasteiger partial charge in [0.05, 0.1) is 18.4 Å². The Bertz CT molecular complexity index is 959. The van der Waals surface area contributed by atoms with E-state index in [9.17, 15) is 10.1 Å². The zero-order chi connectivity index (χ0) is 17.8. The third kappa shape index (κ3) is 3.19. The van der Waals surface area contributed by atoms with Crippen molar-refractivity contribution < 1.29 is 9.53 Å². The molecule has 1 heterocycles. The lowest BCUT2D eigenvalue weighted by Gasteiger charge is -2.10. The standard InChI is InChI=1S/C20H15N3O2/c1-25-20(24)15-9-7-13(8-10-15)16-11-18(14-5-3-2-4-6-14)23-19(22)17(16)12-21/h2-11H,1H3,(H2,22,23). The number of nitrogen functional groups attached to an aromatic ring is 1. The maximum atomic E-state index is 11.6. The van der Waals surface area contributed by atoms with Gasteiger partial charge >= 0.3 is 5.97 Å². The smallest absolute Gasteiger partial charge is 0.337 e. The van der Waals surface area contributed by atoms with Crippen LogP contribution in [0.4, 0.5) is 5.82 Å². The van der Waals surface area contributed by atoms with Crippen LogP contribution in [-0.4, -0.2) is 18.1 Å². The molecule has 2 aromatic carbocycles. The Morgan fingerprint density at radius 3 is 2.36 bits per heavy atom. The van der Waals surface area contributed by atoms with Gasteiger partial charge in [0.25, 0.3) is 0 Å². The van der Waals surface area contributed by atoms with Crippen molar-refractivity contribution in [1.29, 1.82) is 5.26 Å². The predicted molar refractivity (Wildman–Crippen MR) is 95.6 cm³/mol. The van der Waals surface area contributed by atoms with E-state index in [1.807, 2.05) is 36.4 Å². The van der Waals surface area contributed by atoms with Gasteiger partial charge in [-0.15, -0.1) is 0 Å². The van der Waals surface area contributed by atoms with Crippen LogP contribution in [0.3, 0.4) is 0 Å². The van der Waals surface area contributed by atoms with Crippen LogP contribution in [0.2, 0.25) is 0 Å². The first-order chi connectivity index (χ1) is 12.1. The second-order valence-electron chi connectivity index (χ2n) is 5.36. The molecule has 0 saturated heterocycles. The summed E-state index contributed by atoms with van der Waals surface area (Å²) in [6.45, 7) is 0. The molecule has 0 aliphatic rings. The first-order valence-corrected chi connectivity index (χ1v) is 7.59. The van der Waals surface area contributed by atoms with Gasteiger partial charge < -0.3 is 10.5 Å². The number of esters is 1. The van der Waals surface area contributed by atoms with Crippen molar-refractivity contribution in [3.05, 3.63) is 71.8 Å². The van der Waals surface area contributed by atoms with Crippen LogP contribution in [0.25, 0.3) is 22.4 Å². The third-order valence-corrected chi connectivity index (χ3v) is 3.85. The monoisotopic (exact) mass is 329 g/mol. The zero-order valence-corrected chi connectivity index (χ0v) is 13.6. The minimum Gasteiger partial charge on any atom is -0.465 e. The van der Waals surface area contributed by atoms with Crippen molar-refractivity contribution >= 4 is 11.8 Å². The number of ether oxygens (including phenoxy) is 1. The average Bonchev–Trinajstić information content (AvgIpc) is 2.67. The van der Waals surface area contributed by atoms with E-state index in [0.29, 0.717) is 22.4 Å². The molecule has 25 heavy (non-hydrogen) atoms. The van der Waals surface area contributed by atoms with Crippen molar-refractivity contribution in [2.45, 2.75) is 0 Å². The molecule has 5 nitrogen and oxygen atoms in total. The van der Waals surface area contributed by atoms with E-state index in [1.54, 1.807) is 24.3 Å². The number of aromatic nitrogens is 1. The highest BCUT2D eigenvalue weighted by Gasteiger charge is 2.14. The largest absolute Gasteiger partial charge is 0.465 e. The van der Waals surface area contributed by atoms with Gasteiger partial charge in [-0.25, -0.2) is 9.78 Å². The SMILES string of the molecule is COC(=O)c1ccc(-c2cc(-c3ccccc3)nc(N)c2C#N)cc1. The second kappa shape index (κ2) is 6.85. The minimum atomic E-state index is -0.411. The summed E-state index contributed by atoms with van der Waals surface area (Å²) in [5.74, 6) is -0.234. The van der Waals surface area contributed by atoms with Crippen LogP contribution in [0.5, 0.6) is 0 Å². The molecule has 5 heteroatoms. The van der Waals surface area contributed by atoms with Crippen molar-refractivity contribution in [3.63, 3.8) is 0 Å². The number of nitriles is 1. The summed E-state index contributed by atoms with van der Waals surface area (Å²) in [4.78, 5) is 15.9. The van der Waals surface area contributed by atoms with Gasteiger partial charge in [0, 0.05) is 11.1 Å². The predicted octanol–water partition coefficient (Wildman–Crippen LogP) is 3.66. The third-order valence-electron chi connectivity index (χ3n) is 3.85. The molecule has 0 atom stereocenters. The summed E-state index contributed by atoms with van der Waals surface area (Å²) < 4.78 is 4.70. The minimum absolute atomic E-state index is 0.177. The molecule has 0 aliphatic carbocycles. The molecule has 3 aromatic rings. The molecular formula is C20H15N3O2. The van der Waals surface area contributed by atoms with Crippen LogP contribution in [0.15, 0.2) is 60.7 Å². The van der Waals surface area contributed by atoms with Crippen molar-refractivity contribution in [1.82, 2.24) is 4.98 Å². The fourth-order valence-corrected chi connectivity index (χ4v) is 2.57. The quantitative estimate of drug-likeness (QED) is 0.741. The molecule has 2 N–H and O–H groups in total. The topological polar surface area (TPSA) is 89.0 Å². The maximum Gasteiger partial charge on any atom is 0.337 e. The summed E-state index contributed by atoms with van der Waals surface area (Å²) in [5.41, 5.74) is 9.79. The van der Waals surface area contributed by atoms with Crippen LogP contribution in [0.1, 0.15) is 15.9 Å². The Kier molecular flexibility index (Phi) is 4.44. The maximum absolute atomic E-state index is 11.6. The summed E-state index contributed by atoms with van der Waals surface area (Å²) in [5, 5.41) is 9.46. The van der Waals surface area contributed by atoms with E-state index in [1.165, 1.54) is 7.11 Å². The van der Waals surface area contributed by atoms with Gasteiger partial charge in [-0.1, -0.05) is 42.5 Å². The summed E-state index contributed by atoms with van der Waals surface area (Å²) in [6, 6.07) is 20.4. The Morgan fingerprint density at radius 1 is 1.08 bits per heavy atom. The Labute approximate surface area is 145 Å². The number of hydrogen-bond donors (Lipinski definition) is 1. The lowest BCUT2D eigenvalue weighted by molar-refractivity contribution is 0.0601. The Balaban J connectivity index is 2.13. The number of rotatable bonds is 3. The molecule has 0 aliphatic heterocycles. The first-order valence-electron chi connectivity index (χ1n) is 7.59. The highest BCUT2D eigenvalue weighted by Crippen LogP contribution is 2.31. The van der Waals surface area contributed by atoms with Gasteiger partial charge in [-0.05, 0) is 23.8 Å². The number of pyridine rings is 1. The van der Waals surface area contributed by atoms with Crippen molar-refractivity contribution in [2.75, 3.05) is 12.8 Å². The van der Waals surface area contributed by atoms with Gasteiger partial charge in [-0.2, -0.15) is 5.26 Å². The number of methoxy groups -OCH3 is 1. The molecule has 0 amide bonds. The summed E-state index contributed by atoms with van der Waals surface area (Å²) in [6.07, 6.45) is 0. The number of carbonyl (C=O) groups excluding carboxylic acids is 1. The van der Waals surface area contributed by atoms with Gasteiger partial charge in [0.1, 0.15) is 17.5 Å². The van der Waals surface area contributed by atoms with E-state index in [0.717, 1.165) is 11.1 Å². The van der Waals surface area contributed by atoms with Crippen LogP contribution in [-0.2, 0) is 4.74 Å². The summed E-state index contributed by atoms with van der Waals surface area (Å²) >= 11 is 0. The fraction of sp³-hybridized carbons (Fsp3) is 0.0500. The molecule has 122 valence electrons. The lowest BCUT2D eigenvalue weighted by atomic mass is 9.97. The van der Waals surface area contributed by atoms with E-state index in [2.05, 4.69) is 11.1 Å². The van der Waals surface area contributed by atoms with E-state index in [4.69, 9.17) is 10.5 Å². The van der Waals surface area contributed by atoms with Gasteiger partial charge in [0.2, 0.25) is 0 Å². The summed E-state index contributed by atoms with van der Waals surface area (Å²) in [7, 11) is 1.33. The van der Waals surface area contributed by atoms with Gasteiger partial charge in [0.15, 0.2) is 0 Å². The Morgan fingerprint density at radius 2 is 1.76 bits per heavy atom. The molecule has 0 radical (unpaired) electrons. The average molecular weight is 329 g/mol. The molecule has 3 rings (SSSR count). The Hall–Kier alpha value is -3.65. The first kappa shape index (κ1) is 16.2. The number of hydrogen-bond acceptors (Lipinski definition) is 5. The highest BCUT2D eigenvalue weighted by atomic mass is 16.5. The number of carbonyl (C=O) groups is 1. The van der Waals surface area contributed by atoms with E-state index >= 15 is 0 Å². The molecule has 0 fully saturated rings. The lowest BCUT2D eigenvalue weighted by Crippen LogP contribution is -2.02. The molecule has 0 spiro atoms. The van der Waals surface area contributed by atoms with Crippen molar-refractivity contribution in [3.8, 4) is 28.5 Å². The number of nitrogens with two attached hydrogens (primary N) is 1. The molecule has 0 saturated carbocycles. The molecular weight excluding hydrogens is 314 g/mol. The number of anilines is 1. The van der Waals surface area contributed by atoms with Crippen LogP contribution >= 0.6 is 0 Å². The number of benzene rings is 2. The molecule has 1 aromatic heterocycles. The van der Waals surface area contributed by atoms with E-state index < -0.39 is 5.97 Å². The normalized spacial score (nSPS) is 10.1. The number of nitrogens with zero attached hydrogens (tertiary/aromatic N) is 2. The van der Waals surface area contributed by atoms with Crippen LogP contribution < -0.4 is 5.73 Å². The van der Waals surface area contributed by atoms with E-state index in [-0.39, 0.29) is 5.82 Å². The zero-order valence-electron chi connectivity index (χ0n) is 13.6. The van der Waals surface area contributed by atoms with Gasteiger partial charge in [-0.3, -0.25) is 0 Å². The van der Waals surface area contributed by atoms with Crippen molar-refractivity contribution in [2.24, 2.45) is 0 Å². The molecule has 0 bridgehead atoms. The van der Waals surface area contributed by atoms with Crippen LogP contribution in [0, 0.1) is 11.3 Å². The second-order valence-corrected chi connectivity index (χ2v) is 5.36. The highest BCUT2D eigenvalue weighted by molar-refractivity contribution is 5.90.